The Bertz CT molecular complexity index is 434. The van der Waals surface area contributed by atoms with E-state index in [1.54, 1.807) is 12.1 Å². The van der Waals surface area contributed by atoms with Crippen molar-refractivity contribution in [1.29, 1.82) is 0 Å². The zero-order valence-electron chi connectivity index (χ0n) is 11.5. The summed E-state index contributed by atoms with van der Waals surface area (Å²) >= 11 is 3.29. The van der Waals surface area contributed by atoms with Gasteiger partial charge in [-0.25, -0.2) is 4.39 Å². The topological polar surface area (TPSA) is 43.1 Å². The summed E-state index contributed by atoms with van der Waals surface area (Å²) in [6.45, 7) is 3.86. The molecular formula is C15H21BrFNO. The number of hydrogen-bond acceptors (Lipinski definition) is 2. The molecule has 0 amide bonds. The van der Waals surface area contributed by atoms with Crippen LogP contribution in [0.25, 0.3) is 0 Å². The molecule has 0 aliphatic heterocycles. The number of ketones is 1. The van der Waals surface area contributed by atoms with E-state index < -0.39 is 0 Å². The van der Waals surface area contributed by atoms with E-state index in [2.05, 4.69) is 15.9 Å². The van der Waals surface area contributed by atoms with Crippen molar-refractivity contribution in [3.63, 3.8) is 0 Å². The van der Waals surface area contributed by atoms with E-state index in [4.69, 9.17) is 5.73 Å². The largest absolute Gasteiger partial charge is 0.328 e. The van der Waals surface area contributed by atoms with Gasteiger partial charge in [0.05, 0.1) is 0 Å². The molecule has 0 fully saturated rings. The lowest BCUT2D eigenvalue weighted by Crippen LogP contribution is -2.17. The summed E-state index contributed by atoms with van der Waals surface area (Å²) in [7, 11) is 0. The second kappa shape index (κ2) is 7.75. The van der Waals surface area contributed by atoms with E-state index in [9.17, 15) is 9.18 Å². The SMILES string of the molecule is CC(N)CCCC(C)C(=O)Cc1cc(Br)ccc1F. The van der Waals surface area contributed by atoms with Gasteiger partial charge >= 0.3 is 0 Å². The predicted molar refractivity (Wildman–Crippen MR) is 79.5 cm³/mol. The Kier molecular flexibility index (Phi) is 6.66. The number of rotatable bonds is 7. The maximum Gasteiger partial charge on any atom is 0.140 e. The molecule has 19 heavy (non-hydrogen) atoms. The zero-order valence-corrected chi connectivity index (χ0v) is 13.0. The normalized spacial score (nSPS) is 14.2. The van der Waals surface area contributed by atoms with Gasteiger partial charge in [-0.2, -0.15) is 0 Å². The predicted octanol–water partition coefficient (Wildman–Crippen LogP) is 3.85. The average Bonchev–Trinajstić information content (AvgIpc) is 2.33. The Morgan fingerprint density at radius 2 is 2.05 bits per heavy atom. The Labute approximate surface area is 122 Å². The molecule has 0 aliphatic rings. The van der Waals surface area contributed by atoms with Gasteiger partial charge in [0.15, 0.2) is 0 Å². The third-order valence-electron chi connectivity index (χ3n) is 3.22. The van der Waals surface area contributed by atoms with Gasteiger partial charge in [0.25, 0.3) is 0 Å². The molecule has 4 heteroatoms. The van der Waals surface area contributed by atoms with Crippen LogP contribution >= 0.6 is 15.9 Å². The van der Waals surface area contributed by atoms with Crippen LogP contribution in [-0.4, -0.2) is 11.8 Å². The summed E-state index contributed by atoms with van der Waals surface area (Å²) < 4.78 is 14.4. The fourth-order valence-corrected chi connectivity index (χ4v) is 2.36. The van der Waals surface area contributed by atoms with Crippen LogP contribution < -0.4 is 5.73 Å². The van der Waals surface area contributed by atoms with Crippen molar-refractivity contribution in [3.05, 3.63) is 34.1 Å². The quantitative estimate of drug-likeness (QED) is 0.825. The summed E-state index contributed by atoms with van der Waals surface area (Å²) in [6.07, 6.45) is 2.83. The van der Waals surface area contributed by atoms with E-state index in [0.717, 1.165) is 23.7 Å². The highest BCUT2D eigenvalue weighted by Crippen LogP contribution is 2.19. The fourth-order valence-electron chi connectivity index (χ4n) is 1.95. The van der Waals surface area contributed by atoms with E-state index in [1.165, 1.54) is 6.07 Å². The third kappa shape index (κ3) is 5.83. The minimum absolute atomic E-state index is 0.0443. The molecule has 1 aromatic rings. The number of Topliss-reactive ketones (excluding diaryl/α,β-unsaturated/α-hetero) is 1. The zero-order chi connectivity index (χ0) is 14.4. The van der Waals surface area contributed by atoms with Gasteiger partial charge in [0, 0.05) is 22.9 Å². The first-order valence-corrected chi connectivity index (χ1v) is 7.41. The molecule has 0 aliphatic carbocycles. The summed E-state index contributed by atoms with van der Waals surface area (Å²) in [5.74, 6) is -0.280. The first-order chi connectivity index (χ1) is 8.90. The molecule has 2 N–H and O–H groups in total. The smallest absolute Gasteiger partial charge is 0.140 e. The van der Waals surface area contributed by atoms with Gasteiger partial charge in [-0.1, -0.05) is 29.3 Å². The molecule has 1 aromatic carbocycles. The minimum atomic E-state index is -0.320. The fraction of sp³-hybridized carbons (Fsp3) is 0.533. The lowest BCUT2D eigenvalue weighted by Gasteiger charge is -2.12. The molecule has 0 aromatic heterocycles. The highest BCUT2D eigenvalue weighted by Gasteiger charge is 2.15. The molecule has 2 atom stereocenters. The van der Waals surface area contributed by atoms with Crippen molar-refractivity contribution >= 4 is 21.7 Å². The van der Waals surface area contributed by atoms with Gasteiger partial charge < -0.3 is 5.73 Å². The average molecular weight is 330 g/mol. The van der Waals surface area contributed by atoms with Crippen LogP contribution in [0, 0.1) is 11.7 Å². The standard InChI is InChI=1S/C15H21BrFNO/c1-10(4-3-5-11(2)18)15(19)9-12-8-13(16)6-7-14(12)17/h6-8,10-11H,3-5,9,18H2,1-2H3. The third-order valence-corrected chi connectivity index (χ3v) is 3.71. The molecule has 0 spiro atoms. The number of carbonyl (C=O) groups is 1. The van der Waals surface area contributed by atoms with Crippen LogP contribution in [0.3, 0.4) is 0 Å². The monoisotopic (exact) mass is 329 g/mol. The number of carbonyl (C=O) groups excluding carboxylic acids is 1. The van der Waals surface area contributed by atoms with Crippen molar-refractivity contribution in [2.24, 2.45) is 11.7 Å². The van der Waals surface area contributed by atoms with E-state index in [0.29, 0.717) is 5.56 Å². The number of nitrogens with two attached hydrogens (primary N) is 1. The van der Waals surface area contributed by atoms with Gasteiger partial charge in [-0.3, -0.25) is 4.79 Å². The Morgan fingerprint density at radius 3 is 2.68 bits per heavy atom. The lowest BCUT2D eigenvalue weighted by molar-refractivity contribution is -0.122. The highest BCUT2D eigenvalue weighted by atomic mass is 79.9. The van der Waals surface area contributed by atoms with Gasteiger partial charge in [-0.05, 0) is 43.5 Å². The van der Waals surface area contributed by atoms with Crippen molar-refractivity contribution in [2.75, 3.05) is 0 Å². The number of halogens is 2. The maximum absolute atomic E-state index is 13.6. The first kappa shape index (κ1) is 16.3. The van der Waals surface area contributed by atoms with E-state index in [-0.39, 0.29) is 30.0 Å². The molecule has 1 rings (SSSR count). The van der Waals surface area contributed by atoms with Crippen molar-refractivity contribution in [1.82, 2.24) is 0 Å². The Balaban J connectivity index is 2.51. The van der Waals surface area contributed by atoms with Crippen LogP contribution in [0.15, 0.2) is 22.7 Å². The Morgan fingerprint density at radius 1 is 1.37 bits per heavy atom. The molecular weight excluding hydrogens is 309 g/mol. The molecule has 2 nitrogen and oxygen atoms in total. The number of benzene rings is 1. The van der Waals surface area contributed by atoms with Crippen molar-refractivity contribution in [2.45, 2.75) is 45.6 Å². The Hall–Kier alpha value is -0.740. The van der Waals surface area contributed by atoms with Gasteiger partial charge in [0.1, 0.15) is 11.6 Å². The second-order valence-electron chi connectivity index (χ2n) is 5.19. The van der Waals surface area contributed by atoms with Crippen molar-refractivity contribution < 1.29 is 9.18 Å². The van der Waals surface area contributed by atoms with Crippen LogP contribution in [0.1, 0.15) is 38.7 Å². The van der Waals surface area contributed by atoms with E-state index in [1.807, 2.05) is 13.8 Å². The molecule has 0 saturated heterocycles. The van der Waals surface area contributed by atoms with Gasteiger partial charge in [-0.15, -0.1) is 0 Å². The van der Waals surface area contributed by atoms with E-state index >= 15 is 0 Å². The number of hydrogen-bond donors (Lipinski definition) is 1. The van der Waals surface area contributed by atoms with Crippen molar-refractivity contribution in [3.8, 4) is 0 Å². The summed E-state index contributed by atoms with van der Waals surface area (Å²) in [5.41, 5.74) is 6.13. The van der Waals surface area contributed by atoms with Crippen LogP contribution in [0.5, 0.6) is 0 Å². The minimum Gasteiger partial charge on any atom is -0.328 e. The molecule has 0 radical (unpaired) electrons. The first-order valence-electron chi connectivity index (χ1n) is 6.62. The van der Waals surface area contributed by atoms with Gasteiger partial charge in [0.2, 0.25) is 0 Å². The molecule has 106 valence electrons. The second-order valence-corrected chi connectivity index (χ2v) is 6.10. The van der Waals surface area contributed by atoms with Crippen LogP contribution in [0.2, 0.25) is 0 Å². The lowest BCUT2D eigenvalue weighted by atomic mass is 9.94. The highest BCUT2D eigenvalue weighted by molar-refractivity contribution is 9.10. The molecule has 0 bridgehead atoms. The van der Waals surface area contributed by atoms with Crippen LogP contribution in [-0.2, 0) is 11.2 Å². The molecule has 2 unspecified atom stereocenters. The molecule has 0 saturated carbocycles. The van der Waals surface area contributed by atoms with Crippen LogP contribution in [0.4, 0.5) is 4.39 Å². The summed E-state index contributed by atoms with van der Waals surface area (Å²) in [4.78, 5) is 12.0. The maximum atomic E-state index is 13.6. The molecule has 0 heterocycles. The summed E-state index contributed by atoms with van der Waals surface area (Å²) in [5, 5.41) is 0. The summed E-state index contributed by atoms with van der Waals surface area (Å²) in [6, 6.07) is 4.86.